The van der Waals surface area contributed by atoms with Gasteiger partial charge in [0.25, 0.3) is 5.91 Å². The van der Waals surface area contributed by atoms with Crippen LogP contribution in [0, 0.1) is 5.82 Å². The largest absolute Gasteiger partial charge is 0.350 e. The first-order valence-corrected chi connectivity index (χ1v) is 9.65. The Morgan fingerprint density at radius 1 is 1.14 bits per heavy atom. The molecule has 1 aliphatic heterocycles. The van der Waals surface area contributed by atoms with Gasteiger partial charge in [-0.3, -0.25) is 9.59 Å². The molecule has 1 aliphatic rings. The van der Waals surface area contributed by atoms with E-state index in [0.717, 1.165) is 18.4 Å². The molecule has 5 nitrogen and oxygen atoms in total. The highest BCUT2D eigenvalue weighted by molar-refractivity contribution is 5.94. The minimum Gasteiger partial charge on any atom is -0.350 e. The van der Waals surface area contributed by atoms with Crippen LogP contribution >= 0.6 is 0 Å². The average Bonchev–Trinajstić information content (AvgIpc) is 3.17. The van der Waals surface area contributed by atoms with Crippen LogP contribution in [0.3, 0.4) is 0 Å². The molecule has 3 rings (SSSR count). The topological polar surface area (TPSA) is 75.4 Å². The SMILES string of the molecule is NC(CC(=O)N1CCC[C@H]1CNC(=O)c1ccccc1)Cc1ccc(F)cc1. The van der Waals surface area contributed by atoms with Gasteiger partial charge >= 0.3 is 0 Å². The summed E-state index contributed by atoms with van der Waals surface area (Å²) in [6.45, 7) is 1.13. The maximum absolute atomic E-state index is 13.0. The summed E-state index contributed by atoms with van der Waals surface area (Å²) >= 11 is 0. The van der Waals surface area contributed by atoms with Crippen LogP contribution < -0.4 is 11.1 Å². The molecule has 1 heterocycles. The molecule has 3 N–H and O–H groups in total. The third kappa shape index (κ3) is 5.39. The minimum atomic E-state index is -0.321. The van der Waals surface area contributed by atoms with Gasteiger partial charge in [-0.25, -0.2) is 4.39 Å². The number of carbonyl (C=O) groups is 2. The number of hydrogen-bond acceptors (Lipinski definition) is 3. The molecule has 0 spiro atoms. The predicted molar refractivity (Wildman–Crippen MR) is 106 cm³/mol. The van der Waals surface area contributed by atoms with E-state index in [-0.39, 0.29) is 36.1 Å². The molecule has 0 radical (unpaired) electrons. The number of halogens is 1. The van der Waals surface area contributed by atoms with Gasteiger partial charge in [0.2, 0.25) is 5.91 Å². The Hall–Kier alpha value is -2.73. The van der Waals surface area contributed by atoms with E-state index in [1.807, 2.05) is 23.1 Å². The van der Waals surface area contributed by atoms with E-state index < -0.39 is 0 Å². The van der Waals surface area contributed by atoms with E-state index in [4.69, 9.17) is 5.73 Å². The van der Waals surface area contributed by atoms with E-state index in [1.54, 1.807) is 24.3 Å². The van der Waals surface area contributed by atoms with E-state index in [9.17, 15) is 14.0 Å². The molecule has 0 bridgehead atoms. The normalized spacial score (nSPS) is 17.4. The minimum absolute atomic E-state index is 0.00168. The van der Waals surface area contributed by atoms with Crippen LogP contribution in [0.1, 0.15) is 35.2 Å². The van der Waals surface area contributed by atoms with Crippen LogP contribution in [0.25, 0.3) is 0 Å². The average molecular weight is 383 g/mol. The maximum atomic E-state index is 13.0. The standard InChI is InChI=1S/C22H26FN3O2/c23-18-10-8-16(9-11-18)13-19(24)14-21(27)26-12-4-7-20(26)15-25-22(28)17-5-2-1-3-6-17/h1-3,5-6,8-11,19-20H,4,7,12-15,24H2,(H,25,28)/t19?,20-/m0/s1. The van der Waals surface area contributed by atoms with Gasteiger partial charge in [0, 0.05) is 37.2 Å². The van der Waals surface area contributed by atoms with E-state index in [2.05, 4.69) is 5.32 Å². The van der Waals surface area contributed by atoms with Crippen LogP contribution in [0.5, 0.6) is 0 Å². The second-order valence-electron chi connectivity index (χ2n) is 7.25. The van der Waals surface area contributed by atoms with Crippen LogP contribution in [0.2, 0.25) is 0 Å². The molecule has 28 heavy (non-hydrogen) atoms. The van der Waals surface area contributed by atoms with Gasteiger partial charge in [-0.05, 0) is 49.1 Å². The van der Waals surface area contributed by atoms with E-state index in [0.29, 0.717) is 25.1 Å². The summed E-state index contributed by atoms with van der Waals surface area (Å²) in [4.78, 5) is 26.7. The van der Waals surface area contributed by atoms with Crippen molar-refractivity contribution < 1.29 is 14.0 Å². The van der Waals surface area contributed by atoms with Gasteiger partial charge in [-0.1, -0.05) is 30.3 Å². The summed E-state index contributed by atoms with van der Waals surface area (Å²) in [7, 11) is 0. The van der Waals surface area contributed by atoms with Crippen molar-refractivity contribution in [3.8, 4) is 0 Å². The van der Waals surface area contributed by atoms with Gasteiger partial charge in [0.15, 0.2) is 0 Å². The number of rotatable bonds is 7. The summed E-state index contributed by atoms with van der Waals surface area (Å²) in [6.07, 6.45) is 2.55. The Morgan fingerprint density at radius 3 is 2.57 bits per heavy atom. The number of nitrogens with one attached hydrogen (secondary N) is 1. The lowest BCUT2D eigenvalue weighted by molar-refractivity contribution is -0.132. The maximum Gasteiger partial charge on any atom is 0.251 e. The fourth-order valence-corrected chi connectivity index (χ4v) is 3.62. The van der Waals surface area contributed by atoms with Crippen molar-refractivity contribution in [2.45, 2.75) is 37.8 Å². The van der Waals surface area contributed by atoms with Crippen molar-refractivity contribution in [3.63, 3.8) is 0 Å². The Morgan fingerprint density at radius 2 is 1.86 bits per heavy atom. The molecule has 0 saturated carbocycles. The number of likely N-dealkylation sites (tertiary alicyclic amines) is 1. The van der Waals surface area contributed by atoms with Gasteiger partial charge in [-0.15, -0.1) is 0 Å². The van der Waals surface area contributed by atoms with Crippen molar-refractivity contribution in [2.24, 2.45) is 5.73 Å². The first kappa shape index (κ1) is 20.0. The smallest absolute Gasteiger partial charge is 0.251 e. The molecule has 1 fully saturated rings. The summed E-state index contributed by atoms with van der Waals surface area (Å²) < 4.78 is 13.0. The fraction of sp³-hybridized carbons (Fsp3) is 0.364. The molecule has 6 heteroatoms. The number of nitrogens with two attached hydrogens (primary N) is 1. The second kappa shape index (κ2) is 9.46. The molecular formula is C22H26FN3O2. The number of amides is 2. The zero-order chi connectivity index (χ0) is 19.9. The predicted octanol–water partition coefficient (Wildman–Crippen LogP) is 2.51. The lowest BCUT2D eigenvalue weighted by Gasteiger charge is -2.26. The van der Waals surface area contributed by atoms with E-state index >= 15 is 0 Å². The lowest BCUT2D eigenvalue weighted by Crippen LogP contribution is -2.45. The molecule has 2 aromatic carbocycles. The summed E-state index contributed by atoms with van der Waals surface area (Å²) in [6, 6.07) is 14.9. The molecule has 1 unspecified atom stereocenters. The van der Waals surface area contributed by atoms with Crippen molar-refractivity contribution in [1.82, 2.24) is 10.2 Å². The summed E-state index contributed by atoms with van der Waals surface area (Å²) in [5.41, 5.74) is 7.67. The van der Waals surface area contributed by atoms with E-state index in [1.165, 1.54) is 12.1 Å². The monoisotopic (exact) mass is 383 g/mol. The number of hydrogen-bond donors (Lipinski definition) is 2. The van der Waals surface area contributed by atoms with Gasteiger partial charge < -0.3 is 16.0 Å². The third-order valence-corrected chi connectivity index (χ3v) is 5.08. The highest BCUT2D eigenvalue weighted by Crippen LogP contribution is 2.19. The first-order chi connectivity index (χ1) is 13.5. The highest BCUT2D eigenvalue weighted by atomic mass is 19.1. The molecule has 1 saturated heterocycles. The molecule has 148 valence electrons. The Labute approximate surface area is 164 Å². The Balaban J connectivity index is 1.49. The fourth-order valence-electron chi connectivity index (χ4n) is 3.62. The zero-order valence-electron chi connectivity index (χ0n) is 15.8. The molecule has 2 amide bonds. The van der Waals surface area contributed by atoms with Crippen LogP contribution in [0.15, 0.2) is 54.6 Å². The van der Waals surface area contributed by atoms with Crippen LogP contribution in [-0.2, 0) is 11.2 Å². The number of carbonyl (C=O) groups excluding carboxylic acids is 2. The number of nitrogens with zero attached hydrogens (tertiary/aromatic N) is 1. The van der Waals surface area contributed by atoms with Gasteiger partial charge in [-0.2, -0.15) is 0 Å². The van der Waals surface area contributed by atoms with Crippen molar-refractivity contribution in [1.29, 1.82) is 0 Å². The Bertz CT molecular complexity index is 795. The van der Waals surface area contributed by atoms with Gasteiger partial charge in [0.1, 0.15) is 5.82 Å². The first-order valence-electron chi connectivity index (χ1n) is 9.65. The van der Waals surface area contributed by atoms with Crippen molar-refractivity contribution in [2.75, 3.05) is 13.1 Å². The summed E-state index contributed by atoms with van der Waals surface area (Å²) in [5.74, 6) is -0.412. The van der Waals surface area contributed by atoms with Crippen molar-refractivity contribution >= 4 is 11.8 Å². The molecule has 2 atom stereocenters. The van der Waals surface area contributed by atoms with Crippen molar-refractivity contribution in [3.05, 3.63) is 71.5 Å². The third-order valence-electron chi connectivity index (χ3n) is 5.08. The Kier molecular flexibility index (Phi) is 6.76. The quantitative estimate of drug-likeness (QED) is 0.771. The highest BCUT2D eigenvalue weighted by Gasteiger charge is 2.29. The van der Waals surface area contributed by atoms with Crippen LogP contribution in [0.4, 0.5) is 4.39 Å². The molecule has 0 aromatic heterocycles. The molecule has 2 aromatic rings. The lowest BCUT2D eigenvalue weighted by atomic mass is 10.0. The molecule has 0 aliphatic carbocycles. The van der Waals surface area contributed by atoms with Crippen LogP contribution in [-0.4, -0.2) is 41.9 Å². The number of benzene rings is 2. The van der Waals surface area contributed by atoms with Gasteiger partial charge in [0.05, 0.1) is 0 Å². The summed E-state index contributed by atoms with van der Waals surface area (Å²) in [5, 5.41) is 2.92. The zero-order valence-corrected chi connectivity index (χ0v) is 15.8. The molecular weight excluding hydrogens is 357 g/mol. The second-order valence-corrected chi connectivity index (χ2v) is 7.25.